The third kappa shape index (κ3) is 3.93. The Balaban J connectivity index is 1.38. The van der Waals surface area contributed by atoms with Crippen molar-refractivity contribution in [2.24, 2.45) is 0 Å². The Morgan fingerprint density at radius 2 is 1.69 bits per heavy atom. The summed E-state index contributed by atoms with van der Waals surface area (Å²) < 4.78 is 5.05. The zero-order chi connectivity index (χ0) is 22.1. The van der Waals surface area contributed by atoms with E-state index in [1.54, 1.807) is 30.7 Å². The van der Waals surface area contributed by atoms with Crippen molar-refractivity contribution >= 4 is 34.2 Å². The minimum absolute atomic E-state index is 0.479. The number of hydrogen-bond donors (Lipinski definition) is 3. The zero-order valence-electron chi connectivity index (χ0n) is 17.5. The third-order valence-corrected chi connectivity index (χ3v) is 5.13. The van der Waals surface area contributed by atoms with Crippen LogP contribution in [0.2, 0.25) is 0 Å². The van der Waals surface area contributed by atoms with Gasteiger partial charge in [-0.2, -0.15) is 4.98 Å². The maximum absolute atomic E-state index is 11.4. The molecule has 2 aromatic carbocycles. The van der Waals surface area contributed by atoms with E-state index in [0.717, 1.165) is 33.6 Å². The fourth-order valence-corrected chi connectivity index (χ4v) is 3.52. The Morgan fingerprint density at radius 3 is 2.50 bits per heavy atom. The molecule has 0 saturated carbocycles. The summed E-state index contributed by atoms with van der Waals surface area (Å²) in [5.74, 6) is 0.664. The van der Waals surface area contributed by atoms with Crippen molar-refractivity contribution in [2.75, 3.05) is 10.6 Å². The van der Waals surface area contributed by atoms with Gasteiger partial charge in [0.15, 0.2) is 5.58 Å². The van der Waals surface area contributed by atoms with Gasteiger partial charge in [-0.05, 0) is 73.0 Å². The van der Waals surface area contributed by atoms with Crippen molar-refractivity contribution in [3.63, 3.8) is 0 Å². The molecule has 3 N–H and O–H groups in total. The van der Waals surface area contributed by atoms with Crippen LogP contribution in [-0.2, 0) is 0 Å². The molecule has 32 heavy (non-hydrogen) atoms. The molecule has 3 aromatic heterocycles. The molecule has 0 unspecified atom stereocenters. The van der Waals surface area contributed by atoms with Crippen LogP contribution in [0.15, 0.2) is 76.3 Å². The highest BCUT2D eigenvalue weighted by molar-refractivity contribution is 5.78. The number of aromatic amines is 1. The van der Waals surface area contributed by atoms with Crippen LogP contribution in [-0.4, -0.2) is 19.9 Å². The minimum atomic E-state index is -0.480. The lowest BCUT2D eigenvalue weighted by Crippen LogP contribution is -2.03. The standard InChI is InChI=1S/C24H20N6O2/c1-14-11-17(3-5-19(14)16-7-9-25-10-8-16)28-23-26-13-15(2)22(30-23)27-18-4-6-21-20(12-18)29-24(31)32-21/h3-13H,1-2H3,(H,29,31)(H2,26,27,28,30). The highest BCUT2D eigenvalue weighted by Gasteiger charge is 2.09. The molecule has 8 nitrogen and oxygen atoms in total. The van der Waals surface area contributed by atoms with Crippen molar-refractivity contribution in [1.29, 1.82) is 0 Å². The number of nitrogens with zero attached hydrogens (tertiary/aromatic N) is 3. The van der Waals surface area contributed by atoms with Gasteiger partial charge in [0.1, 0.15) is 5.82 Å². The molecule has 0 saturated heterocycles. The summed E-state index contributed by atoms with van der Waals surface area (Å²) in [6.45, 7) is 4.00. The van der Waals surface area contributed by atoms with Crippen LogP contribution in [0.4, 0.5) is 23.1 Å². The van der Waals surface area contributed by atoms with Crippen LogP contribution >= 0.6 is 0 Å². The zero-order valence-corrected chi connectivity index (χ0v) is 17.5. The summed E-state index contributed by atoms with van der Waals surface area (Å²) in [6, 6.07) is 15.5. The van der Waals surface area contributed by atoms with Gasteiger partial charge >= 0.3 is 5.76 Å². The van der Waals surface area contributed by atoms with Crippen molar-refractivity contribution in [3.05, 3.63) is 88.8 Å². The molecule has 5 aromatic rings. The number of pyridine rings is 1. The largest absolute Gasteiger partial charge is 0.417 e. The van der Waals surface area contributed by atoms with Gasteiger partial charge in [0, 0.05) is 35.5 Å². The van der Waals surface area contributed by atoms with E-state index in [0.29, 0.717) is 22.9 Å². The number of benzene rings is 2. The summed E-state index contributed by atoms with van der Waals surface area (Å²) in [5.41, 5.74) is 7.10. The Bertz CT molecular complexity index is 1470. The molecule has 158 valence electrons. The number of oxazole rings is 1. The molecule has 3 heterocycles. The van der Waals surface area contributed by atoms with E-state index in [2.05, 4.69) is 49.6 Å². The van der Waals surface area contributed by atoms with Crippen LogP contribution in [0.25, 0.3) is 22.2 Å². The monoisotopic (exact) mass is 424 g/mol. The average molecular weight is 424 g/mol. The number of nitrogens with one attached hydrogen (secondary N) is 3. The normalized spacial score (nSPS) is 10.9. The maximum atomic E-state index is 11.4. The number of aryl methyl sites for hydroxylation is 2. The van der Waals surface area contributed by atoms with Crippen molar-refractivity contribution in [2.45, 2.75) is 13.8 Å². The van der Waals surface area contributed by atoms with E-state index in [-0.39, 0.29) is 0 Å². The van der Waals surface area contributed by atoms with E-state index < -0.39 is 5.76 Å². The number of anilines is 4. The van der Waals surface area contributed by atoms with Gasteiger partial charge in [0.2, 0.25) is 5.95 Å². The Kier molecular flexibility index (Phi) is 4.87. The summed E-state index contributed by atoms with van der Waals surface area (Å²) >= 11 is 0. The molecule has 0 radical (unpaired) electrons. The molecule has 8 heteroatoms. The van der Waals surface area contributed by atoms with Crippen LogP contribution in [0, 0.1) is 13.8 Å². The fraction of sp³-hybridized carbons (Fsp3) is 0.0833. The summed E-state index contributed by atoms with van der Waals surface area (Å²) in [6.07, 6.45) is 5.34. The average Bonchev–Trinajstić information content (AvgIpc) is 3.16. The van der Waals surface area contributed by atoms with Gasteiger partial charge in [0.25, 0.3) is 0 Å². The highest BCUT2D eigenvalue weighted by atomic mass is 16.4. The van der Waals surface area contributed by atoms with Gasteiger partial charge in [-0.3, -0.25) is 9.97 Å². The molecular weight excluding hydrogens is 404 g/mol. The van der Waals surface area contributed by atoms with Crippen molar-refractivity contribution in [3.8, 4) is 11.1 Å². The SMILES string of the molecule is Cc1cc(Nc2ncc(C)c(Nc3ccc4oc(=O)[nH]c4c3)n2)ccc1-c1ccncc1. The number of hydrogen-bond acceptors (Lipinski definition) is 7. The van der Waals surface area contributed by atoms with E-state index >= 15 is 0 Å². The second kappa shape index (κ2) is 7.99. The smallest absolute Gasteiger partial charge is 0.408 e. The molecule has 0 spiro atoms. The van der Waals surface area contributed by atoms with Crippen LogP contribution in [0.3, 0.4) is 0 Å². The van der Waals surface area contributed by atoms with E-state index in [1.807, 2.05) is 31.2 Å². The first-order valence-electron chi connectivity index (χ1n) is 10.1. The predicted octanol–water partition coefficient (Wildman–Crippen LogP) is 5.08. The lowest BCUT2D eigenvalue weighted by Gasteiger charge is -2.12. The first-order valence-corrected chi connectivity index (χ1v) is 10.1. The first-order chi connectivity index (χ1) is 15.5. The second-order valence-electron chi connectivity index (χ2n) is 7.47. The molecule has 0 atom stereocenters. The number of H-pyrrole nitrogens is 1. The molecular formula is C24H20N6O2. The molecule has 0 fully saturated rings. The predicted molar refractivity (Wildman–Crippen MR) is 125 cm³/mol. The molecule has 0 aliphatic carbocycles. The summed E-state index contributed by atoms with van der Waals surface area (Å²) in [5, 5.41) is 6.55. The van der Waals surface area contributed by atoms with Crippen LogP contribution < -0.4 is 16.4 Å². The van der Waals surface area contributed by atoms with Crippen molar-refractivity contribution in [1.82, 2.24) is 19.9 Å². The van der Waals surface area contributed by atoms with E-state index in [1.165, 1.54) is 0 Å². The fourth-order valence-electron chi connectivity index (χ4n) is 3.52. The number of aromatic nitrogens is 4. The van der Waals surface area contributed by atoms with Gasteiger partial charge < -0.3 is 15.1 Å². The summed E-state index contributed by atoms with van der Waals surface area (Å²) in [4.78, 5) is 27.1. The van der Waals surface area contributed by atoms with Crippen LogP contribution in [0.1, 0.15) is 11.1 Å². The minimum Gasteiger partial charge on any atom is -0.408 e. The van der Waals surface area contributed by atoms with Crippen LogP contribution in [0.5, 0.6) is 0 Å². The number of rotatable bonds is 5. The van der Waals surface area contributed by atoms with Gasteiger partial charge in [-0.25, -0.2) is 9.78 Å². The third-order valence-electron chi connectivity index (χ3n) is 5.13. The van der Waals surface area contributed by atoms with Gasteiger partial charge in [-0.1, -0.05) is 6.07 Å². The maximum Gasteiger partial charge on any atom is 0.417 e. The van der Waals surface area contributed by atoms with Crippen molar-refractivity contribution < 1.29 is 4.42 Å². The Labute approximate surface area is 183 Å². The molecule has 0 amide bonds. The van der Waals surface area contributed by atoms with E-state index in [4.69, 9.17) is 4.42 Å². The molecule has 0 bridgehead atoms. The highest BCUT2D eigenvalue weighted by Crippen LogP contribution is 2.27. The van der Waals surface area contributed by atoms with Gasteiger partial charge in [-0.15, -0.1) is 0 Å². The molecule has 0 aliphatic rings. The second-order valence-corrected chi connectivity index (χ2v) is 7.47. The topological polar surface area (TPSA) is 109 Å². The lowest BCUT2D eigenvalue weighted by molar-refractivity contribution is 0.555. The van der Waals surface area contributed by atoms with Gasteiger partial charge in [0.05, 0.1) is 5.52 Å². The quantitative estimate of drug-likeness (QED) is 0.361. The summed E-state index contributed by atoms with van der Waals surface area (Å²) in [7, 11) is 0. The lowest BCUT2D eigenvalue weighted by atomic mass is 10.0. The molecule has 5 rings (SSSR count). The Hall–Kier alpha value is -4.46. The first kappa shape index (κ1) is 19.5. The Morgan fingerprint density at radius 1 is 0.906 bits per heavy atom. The van der Waals surface area contributed by atoms with E-state index in [9.17, 15) is 4.79 Å². The number of fused-ring (bicyclic) bond motifs is 1. The molecule has 0 aliphatic heterocycles.